The van der Waals surface area contributed by atoms with Gasteiger partial charge in [0.15, 0.2) is 0 Å². The van der Waals surface area contributed by atoms with Gasteiger partial charge < -0.3 is 15.2 Å². The first-order valence-electron chi connectivity index (χ1n) is 8.77. The Kier molecular flexibility index (Phi) is 4.59. The zero-order chi connectivity index (χ0) is 19.9. The summed E-state index contributed by atoms with van der Waals surface area (Å²) in [5.74, 6) is 0. The number of nitrogens with zero attached hydrogens (tertiary/aromatic N) is 1. The van der Waals surface area contributed by atoms with Crippen molar-refractivity contribution in [2.24, 2.45) is 0 Å². The second kappa shape index (κ2) is 6.82. The van der Waals surface area contributed by atoms with E-state index in [1.54, 1.807) is 6.07 Å². The summed E-state index contributed by atoms with van der Waals surface area (Å²) >= 11 is 0. The number of aromatic nitrogens is 1. The van der Waals surface area contributed by atoms with Gasteiger partial charge in [0.25, 0.3) is 0 Å². The molecule has 28 heavy (non-hydrogen) atoms. The number of H-pyrrole nitrogens is 1. The van der Waals surface area contributed by atoms with Crippen molar-refractivity contribution in [1.82, 2.24) is 10.3 Å². The van der Waals surface area contributed by atoms with E-state index < -0.39 is 26.5 Å². The van der Waals surface area contributed by atoms with Crippen LogP contribution in [0.4, 0.5) is 18.9 Å². The molecule has 5 nitrogen and oxygen atoms in total. The van der Waals surface area contributed by atoms with Crippen LogP contribution < -0.4 is 10.2 Å². The van der Waals surface area contributed by atoms with Gasteiger partial charge in [-0.15, -0.1) is 0 Å². The summed E-state index contributed by atoms with van der Waals surface area (Å²) in [6.45, 7) is 3.14. The van der Waals surface area contributed by atoms with Crippen LogP contribution in [-0.4, -0.2) is 39.6 Å². The lowest BCUT2D eigenvalue weighted by molar-refractivity contribution is -0.139. The van der Waals surface area contributed by atoms with E-state index in [1.165, 1.54) is 18.2 Å². The molecule has 0 radical (unpaired) electrons. The Morgan fingerprint density at radius 1 is 0.964 bits per heavy atom. The number of nitrogens with one attached hydrogen (secondary N) is 2. The standard InChI is InChI=1S/C19H18F3N3O2S/c20-19(21,22)14-5-1-2-7-16(14)28(26,27)17-12-13-4-3-6-15(18(13)24-17)25-10-8-23-9-11-25/h1-7,12,23-24H,8-11H2. The minimum absolute atomic E-state index is 0.248. The lowest BCUT2D eigenvalue weighted by Gasteiger charge is -2.29. The molecule has 0 unspecified atom stereocenters. The van der Waals surface area contributed by atoms with Crippen molar-refractivity contribution in [2.45, 2.75) is 16.1 Å². The maximum atomic E-state index is 13.3. The largest absolute Gasteiger partial charge is 0.417 e. The number of hydrogen-bond acceptors (Lipinski definition) is 4. The van der Waals surface area contributed by atoms with Crippen LogP contribution in [0.25, 0.3) is 10.9 Å². The number of fused-ring (bicyclic) bond motifs is 1. The summed E-state index contributed by atoms with van der Waals surface area (Å²) in [6, 6.07) is 11.1. The van der Waals surface area contributed by atoms with Crippen LogP contribution in [0.5, 0.6) is 0 Å². The van der Waals surface area contributed by atoms with Crippen LogP contribution in [0, 0.1) is 0 Å². The molecule has 0 aliphatic carbocycles. The van der Waals surface area contributed by atoms with Gasteiger partial charge in [0.05, 0.1) is 21.7 Å². The molecule has 2 heterocycles. The van der Waals surface area contributed by atoms with Crippen molar-refractivity contribution in [3.63, 3.8) is 0 Å². The van der Waals surface area contributed by atoms with Gasteiger partial charge in [-0.1, -0.05) is 24.3 Å². The van der Waals surface area contributed by atoms with Crippen molar-refractivity contribution >= 4 is 26.4 Å². The van der Waals surface area contributed by atoms with E-state index in [1.807, 2.05) is 12.1 Å². The molecule has 1 saturated heterocycles. The number of anilines is 1. The van der Waals surface area contributed by atoms with Crippen LogP contribution in [0.15, 0.2) is 58.5 Å². The summed E-state index contributed by atoms with van der Waals surface area (Å²) in [5.41, 5.74) is 0.271. The Bertz CT molecular complexity index is 1120. The van der Waals surface area contributed by atoms with Crippen LogP contribution in [0.1, 0.15) is 5.56 Å². The molecule has 1 fully saturated rings. The van der Waals surface area contributed by atoms with Crippen molar-refractivity contribution < 1.29 is 21.6 Å². The lowest BCUT2D eigenvalue weighted by atomic mass is 10.2. The molecule has 3 aromatic rings. The maximum absolute atomic E-state index is 13.3. The number of para-hydroxylation sites is 1. The second-order valence-electron chi connectivity index (χ2n) is 6.61. The second-order valence-corrected chi connectivity index (χ2v) is 8.50. The van der Waals surface area contributed by atoms with E-state index in [2.05, 4.69) is 15.2 Å². The maximum Gasteiger partial charge on any atom is 0.417 e. The summed E-state index contributed by atoms with van der Waals surface area (Å²) in [4.78, 5) is 4.23. The van der Waals surface area contributed by atoms with E-state index in [4.69, 9.17) is 0 Å². The van der Waals surface area contributed by atoms with E-state index in [-0.39, 0.29) is 5.03 Å². The molecule has 2 N–H and O–H groups in total. The van der Waals surface area contributed by atoms with Gasteiger partial charge in [0, 0.05) is 31.6 Å². The molecule has 0 spiro atoms. The van der Waals surface area contributed by atoms with Gasteiger partial charge >= 0.3 is 6.18 Å². The van der Waals surface area contributed by atoms with Crippen molar-refractivity contribution in [2.75, 3.05) is 31.1 Å². The number of halogens is 3. The highest BCUT2D eigenvalue weighted by Crippen LogP contribution is 2.37. The van der Waals surface area contributed by atoms with Crippen LogP contribution in [0.3, 0.4) is 0 Å². The number of piperazine rings is 1. The number of hydrogen-bond donors (Lipinski definition) is 2. The summed E-state index contributed by atoms with van der Waals surface area (Å²) < 4.78 is 66.0. The van der Waals surface area contributed by atoms with Gasteiger partial charge in [0.1, 0.15) is 5.03 Å². The molecule has 4 rings (SSSR count). The predicted octanol–water partition coefficient (Wildman–Crippen LogP) is 3.43. The molecule has 2 aromatic carbocycles. The fraction of sp³-hybridized carbons (Fsp3) is 0.263. The first kappa shape index (κ1) is 18.8. The third-order valence-electron chi connectivity index (χ3n) is 4.84. The SMILES string of the molecule is O=S(=O)(c1cc2cccc(N3CCNCC3)c2[nH]1)c1ccccc1C(F)(F)F. The Balaban J connectivity index is 1.84. The Labute approximate surface area is 160 Å². The minimum atomic E-state index is -4.76. The van der Waals surface area contributed by atoms with E-state index in [0.717, 1.165) is 44.0 Å². The number of rotatable bonds is 3. The predicted molar refractivity (Wildman–Crippen MR) is 100 cm³/mol. The molecule has 1 aromatic heterocycles. The van der Waals surface area contributed by atoms with Crippen LogP contribution >= 0.6 is 0 Å². The van der Waals surface area contributed by atoms with Crippen LogP contribution in [0.2, 0.25) is 0 Å². The zero-order valence-electron chi connectivity index (χ0n) is 14.8. The van der Waals surface area contributed by atoms with Gasteiger partial charge in [0.2, 0.25) is 9.84 Å². The summed E-state index contributed by atoms with van der Waals surface area (Å²) in [7, 11) is -4.37. The monoisotopic (exact) mass is 409 g/mol. The average molecular weight is 409 g/mol. The van der Waals surface area contributed by atoms with Crippen molar-refractivity contribution in [3.05, 3.63) is 54.1 Å². The summed E-state index contributed by atoms with van der Waals surface area (Å²) in [6.07, 6.45) is -4.76. The molecule has 148 valence electrons. The fourth-order valence-electron chi connectivity index (χ4n) is 3.48. The van der Waals surface area contributed by atoms with Crippen molar-refractivity contribution in [3.8, 4) is 0 Å². The average Bonchev–Trinajstić information content (AvgIpc) is 3.13. The fourth-order valence-corrected chi connectivity index (χ4v) is 4.97. The quantitative estimate of drug-likeness (QED) is 0.696. The van der Waals surface area contributed by atoms with Gasteiger partial charge in [-0.05, 0) is 24.3 Å². The molecular weight excluding hydrogens is 391 g/mol. The molecule has 0 atom stereocenters. The normalized spacial score (nSPS) is 15.9. The third-order valence-corrected chi connectivity index (χ3v) is 6.57. The van der Waals surface area contributed by atoms with E-state index in [0.29, 0.717) is 10.9 Å². The number of benzene rings is 2. The third kappa shape index (κ3) is 3.24. The number of aromatic amines is 1. The first-order valence-corrected chi connectivity index (χ1v) is 10.3. The molecule has 1 aliphatic rings. The topological polar surface area (TPSA) is 65.2 Å². The number of alkyl halides is 3. The van der Waals surface area contributed by atoms with E-state index in [9.17, 15) is 21.6 Å². The van der Waals surface area contributed by atoms with Gasteiger partial charge in [-0.25, -0.2) is 8.42 Å². The Morgan fingerprint density at radius 3 is 2.39 bits per heavy atom. The highest BCUT2D eigenvalue weighted by molar-refractivity contribution is 7.91. The highest BCUT2D eigenvalue weighted by Gasteiger charge is 2.37. The molecule has 0 bridgehead atoms. The van der Waals surface area contributed by atoms with Crippen LogP contribution in [-0.2, 0) is 16.0 Å². The van der Waals surface area contributed by atoms with Crippen molar-refractivity contribution in [1.29, 1.82) is 0 Å². The molecule has 9 heteroatoms. The first-order chi connectivity index (χ1) is 13.3. The minimum Gasteiger partial charge on any atom is -0.367 e. The molecule has 0 saturated carbocycles. The zero-order valence-corrected chi connectivity index (χ0v) is 15.6. The lowest BCUT2D eigenvalue weighted by Crippen LogP contribution is -2.43. The van der Waals surface area contributed by atoms with Gasteiger partial charge in [-0.3, -0.25) is 0 Å². The molecular formula is C19H18F3N3O2S. The Morgan fingerprint density at radius 2 is 1.68 bits per heavy atom. The molecule has 0 amide bonds. The van der Waals surface area contributed by atoms with Gasteiger partial charge in [-0.2, -0.15) is 13.2 Å². The summed E-state index contributed by atoms with van der Waals surface area (Å²) in [5, 5.41) is 3.64. The Hall–Kier alpha value is -2.52. The molecule has 1 aliphatic heterocycles. The smallest absolute Gasteiger partial charge is 0.367 e. The highest BCUT2D eigenvalue weighted by atomic mass is 32.2. The number of sulfone groups is 1. The van der Waals surface area contributed by atoms with E-state index >= 15 is 0 Å².